The van der Waals surface area contributed by atoms with E-state index in [1.54, 1.807) is 19.1 Å². The molecule has 0 aliphatic heterocycles. The van der Waals surface area contributed by atoms with E-state index in [-0.39, 0.29) is 11.7 Å². The van der Waals surface area contributed by atoms with Gasteiger partial charge in [0, 0.05) is 11.4 Å². The molecule has 2 aromatic rings. The third-order valence-electron chi connectivity index (χ3n) is 3.02. The summed E-state index contributed by atoms with van der Waals surface area (Å²) in [4.78, 5) is 12.1. The molecule has 0 bridgehead atoms. The van der Waals surface area contributed by atoms with Gasteiger partial charge in [0.15, 0.2) is 0 Å². The van der Waals surface area contributed by atoms with Gasteiger partial charge in [0.2, 0.25) is 5.91 Å². The monoisotopic (exact) mass is 350 g/mol. The second kappa shape index (κ2) is 6.72. The maximum Gasteiger partial charge on any atom is 0.246 e. The van der Waals surface area contributed by atoms with Crippen molar-refractivity contribution < 1.29 is 9.18 Å². The molecule has 0 spiro atoms. The van der Waals surface area contributed by atoms with Crippen molar-refractivity contribution in [2.24, 2.45) is 0 Å². The predicted octanol–water partition coefficient (Wildman–Crippen LogP) is 4.34. The molecule has 2 aromatic carbocycles. The molecule has 21 heavy (non-hydrogen) atoms. The maximum absolute atomic E-state index is 13.4. The summed E-state index contributed by atoms with van der Waals surface area (Å²) in [6.07, 6.45) is 0. The second-order valence-corrected chi connectivity index (χ2v) is 5.70. The number of rotatable bonds is 4. The summed E-state index contributed by atoms with van der Waals surface area (Å²) in [6.45, 7) is 3.71. The lowest BCUT2D eigenvalue weighted by atomic mass is 10.2. The molecule has 0 saturated heterocycles. The molecule has 0 fully saturated rings. The molecule has 1 atom stereocenters. The zero-order valence-electron chi connectivity index (χ0n) is 11.8. The third kappa shape index (κ3) is 4.29. The highest BCUT2D eigenvalue weighted by molar-refractivity contribution is 9.10. The van der Waals surface area contributed by atoms with Crippen LogP contribution in [0.2, 0.25) is 0 Å². The molecule has 2 rings (SSSR count). The molecule has 110 valence electrons. The van der Waals surface area contributed by atoms with E-state index < -0.39 is 6.04 Å². The van der Waals surface area contributed by atoms with Gasteiger partial charge in [0.25, 0.3) is 0 Å². The van der Waals surface area contributed by atoms with Crippen molar-refractivity contribution in [2.75, 3.05) is 10.6 Å². The molecule has 3 nitrogen and oxygen atoms in total. The number of halogens is 2. The quantitative estimate of drug-likeness (QED) is 0.861. The lowest BCUT2D eigenvalue weighted by Crippen LogP contribution is -2.31. The van der Waals surface area contributed by atoms with E-state index in [1.807, 2.05) is 31.2 Å². The highest BCUT2D eigenvalue weighted by Gasteiger charge is 2.13. The molecule has 0 radical (unpaired) electrons. The zero-order chi connectivity index (χ0) is 15.4. The van der Waals surface area contributed by atoms with Gasteiger partial charge in [-0.3, -0.25) is 4.79 Å². The Bertz CT molecular complexity index is 643. The first-order valence-electron chi connectivity index (χ1n) is 6.55. The summed E-state index contributed by atoms with van der Waals surface area (Å²) in [5, 5.41) is 5.78. The minimum Gasteiger partial charge on any atom is -0.374 e. The van der Waals surface area contributed by atoms with Crippen molar-refractivity contribution in [2.45, 2.75) is 19.9 Å². The van der Waals surface area contributed by atoms with Crippen molar-refractivity contribution in [1.82, 2.24) is 0 Å². The van der Waals surface area contributed by atoms with Crippen LogP contribution in [0.5, 0.6) is 0 Å². The SMILES string of the molecule is Cc1ccc(NC(=O)C(C)Nc2ccc(Br)c(F)c2)cc1. The number of aryl methyl sites for hydroxylation is 1. The van der Waals surface area contributed by atoms with Gasteiger partial charge in [-0.15, -0.1) is 0 Å². The fourth-order valence-corrected chi connectivity index (χ4v) is 2.04. The Labute approximate surface area is 131 Å². The minimum absolute atomic E-state index is 0.179. The van der Waals surface area contributed by atoms with E-state index >= 15 is 0 Å². The summed E-state index contributed by atoms with van der Waals surface area (Å²) >= 11 is 3.09. The van der Waals surface area contributed by atoms with Crippen LogP contribution in [-0.4, -0.2) is 11.9 Å². The number of benzene rings is 2. The van der Waals surface area contributed by atoms with Crippen LogP contribution in [-0.2, 0) is 4.79 Å². The van der Waals surface area contributed by atoms with Crippen molar-refractivity contribution >= 4 is 33.2 Å². The standard InChI is InChI=1S/C16H16BrFN2O/c1-10-3-5-12(6-4-10)20-16(21)11(2)19-13-7-8-14(17)15(18)9-13/h3-9,11,19H,1-2H3,(H,20,21). The molecule has 0 aromatic heterocycles. The number of nitrogens with one attached hydrogen (secondary N) is 2. The molecule has 0 aliphatic carbocycles. The summed E-state index contributed by atoms with van der Waals surface area (Å²) in [7, 11) is 0. The van der Waals surface area contributed by atoms with Crippen molar-refractivity contribution in [3.8, 4) is 0 Å². The fraction of sp³-hybridized carbons (Fsp3) is 0.188. The highest BCUT2D eigenvalue weighted by atomic mass is 79.9. The molecule has 5 heteroatoms. The van der Waals surface area contributed by atoms with Gasteiger partial charge >= 0.3 is 0 Å². The van der Waals surface area contributed by atoms with Crippen molar-refractivity contribution in [3.63, 3.8) is 0 Å². The lowest BCUT2D eigenvalue weighted by Gasteiger charge is -2.15. The number of anilines is 2. The summed E-state index contributed by atoms with van der Waals surface area (Å²) in [6, 6.07) is 11.7. The van der Waals surface area contributed by atoms with E-state index in [1.165, 1.54) is 6.07 Å². The minimum atomic E-state index is -0.480. The van der Waals surface area contributed by atoms with Crippen LogP contribution in [0.25, 0.3) is 0 Å². The van der Waals surface area contributed by atoms with Crippen LogP contribution in [0.15, 0.2) is 46.9 Å². The maximum atomic E-state index is 13.4. The molecule has 1 amide bonds. The van der Waals surface area contributed by atoms with Crippen LogP contribution >= 0.6 is 15.9 Å². The van der Waals surface area contributed by atoms with Crippen molar-refractivity contribution in [1.29, 1.82) is 0 Å². The smallest absolute Gasteiger partial charge is 0.246 e. The van der Waals surface area contributed by atoms with Gasteiger partial charge in [-0.05, 0) is 60.1 Å². The summed E-state index contributed by atoms with van der Waals surface area (Å²) < 4.78 is 13.8. The molecule has 1 unspecified atom stereocenters. The van der Waals surface area contributed by atoms with Crippen LogP contribution in [0.1, 0.15) is 12.5 Å². The lowest BCUT2D eigenvalue weighted by molar-refractivity contribution is -0.116. The van der Waals surface area contributed by atoms with Gasteiger partial charge in [-0.2, -0.15) is 0 Å². The molecular formula is C16H16BrFN2O. The molecular weight excluding hydrogens is 335 g/mol. The Hall–Kier alpha value is -1.88. The number of hydrogen-bond donors (Lipinski definition) is 2. The fourth-order valence-electron chi connectivity index (χ4n) is 1.79. The van der Waals surface area contributed by atoms with Gasteiger partial charge in [0.1, 0.15) is 11.9 Å². The van der Waals surface area contributed by atoms with Crippen LogP contribution in [0, 0.1) is 12.7 Å². The van der Waals surface area contributed by atoms with E-state index in [9.17, 15) is 9.18 Å². The third-order valence-corrected chi connectivity index (χ3v) is 3.66. The number of hydrogen-bond acceptors (Lipinski definition) is 2. The Kier molecular flexibility index (Phi) is 4.96. The summed E-state index contributed by atoms with van der Waals surface area (Å²) in [5.74, 6) is -0.548. The first-order chi connectivity index (χ1) is 9.95. The van der Waals surface area contributed by atoms with Crippen LogP contribution in [0.4, 0.5) is 15.8 Å². The first-order valence-corrected chi connectivity index (χ1v) is 7.34. The normalized spacial score (nSPS) is 11.8. The number of amides is 1. The van der Waals surface area contributed by atoms with Crippen molar-refractivity contribution in [3.05, 3.63) is 58.3 Å². The molecule has 2 N–H and O–H groups in total. The Morgan fingerprint density at radius 3 is 2.38 bits per heavy atom. The average molecular weight is 351 g/mol. The zero-order valence-corrected chi connectivity index (χ0v) is 13.4. The first kappa shape index (κ1) is 15.5. The van der Waals surface area contributed by atoms with E-state index in [0.29, 0.717) is 10.2 Å². The van der Waals surface area contributed by atoms with Crippen LogP contribution in [0.3, 0.4) is 0 Å². The number of carbonyl (C=O) groups is 1. The summed E-state index contributed by atoms with van der Waals surface area (Å²) in [5.41, 5.74) is 2.42. The van der Waals surface area contributed by atoms with E-state index in [2.05, 4.69) is 26.6 Å². The van der Waals surface area contributed by atoms with Gasteiger partial charge in [-0.1, -0.05) is 17.7 Å². The van der Waals surface area contributed by atoms with Crippen LogP contribution < -0.4 is 10.6 Å². The largest absolute Gasteiger partial charge is 0.374 e. The number of carbonyl (C=O) groups excluding carboxylic acids is 1. The van der Waals surface area contributed by atoms with Gasteiger partial charge < -0.3 is 10.6 Å². The Balaban J connectivity index is 1.98. The Morgan fingerprint density at radius 2 is 1.76 bits per heavy atom. The molecule has 0 aliphatic rings. The van der Waals surface area contributed by atoms with E-state index in [0.717, 1.165) is 11.3 Å². The van der Waals surface area contributed by atoms with E-state index in [4.69, 9.17) is 0 Å². The Morgan fingerprint density at radius 1 is 1.14 bits per heavy atom. The average Bonchev–Trinajstić information content (AvgIpc) is 2.45. The predicted molar refractivity (Wildman–Crippen MR) is 87.0 cm³/mol. The van der Waals surface area contributed by atoms with Gasteiger partial charge in [-0.25, -0.2) is 4.39 Å². The second-order valence-electron chi connectivity index (χ2n) is 4.85. The molecule has 0 heterocycles. The topological polar surface area (TPSA) is 41.1 Å². The molecule has 0 saturated carbocycles. The van der Waals surface area contributed by atoms with Gasteiger partial charge in [0.05, 0.1) is 4.47 Å². The highest BCUT2D eigenvalue weighted by Crippen LogP contribution is 2.20.